The van der Waals surface area contributed by atoms with Gasteiger partial charge >= 0.3 is 0 Å². The van der Waals surface area contributed by atoms with Gasteiger partial charge in [0.05, 0.1) is 6.61 Å². The van der Waals surface area contributed by atoms with Crippen LogP contribution >= 0.6 is 0 Å². The summed E-state index contributed by atoms with van der Waals surface area (Å²) in [5, 5.41) is 2.91. The predicted molar refractivity (Wildman–Crippen MR) is 94.7 cm³/mol. The van der Waals surface area contributed by atoms with Gasteiger partial charge in [-0.15, -0.1) is 0 Å². The maximum Gasteiger partial charge on any atom is 0.257 e. The third kappa shape index (κ3) is 6.37. The third-order valence-electron chi connectivity index (χ3n) is 4.08. The van der Waals surface area contributed by atoms with Crippen LogP contribution < -0.4 is 14.8 Å². The number of hydrogen-bond acceptors (Lipinski definition) is 5. The summed E-state index contributed by atoms with van der Waals surface area (Å²) < 4.78 is 11.0. The summed E-state index contributed by atoms with van der Waals surface area (Å²) >= 11 is 0. The van der Waals surface area contributed by atoms with Crippen LogP contribution in [0.2, 0.25) is 0 Å². The Morgan fingerprint density at radius 1 is 1.12 bits per heavy atom. The molecular weight excluding hydrogens is 306 g/mol. The molecule has 1 aromatic carbocycles. The molecule has 1 N–H and O–H groups in total. The van der Waals surface area contributed by atoms with E-state index in [1.54, 1.807) is 0 Å². The first-order valence-corrected chi connectivity index (χ1v) is 8.71. The molecule has 0 aromatic heterocycles. The average Bonchev–Trinajstić information content (AvgIpc) is 2.60. The van der Waals surface area contributed by atoms with Crippen molar-refractivity contribution in [3.63, 3.8) is 0 Å². The summed E-state index contributed by atoms with van der Waals surface area (Å²) in [5.41, 5.74) is 0. The zero-order chi connectivity index (χ0) is 17.2. The fourth-order valence-corrected chi connectivity index (χ4v) is 2.64. The summed E-state index contributed by atoms with van der Waals surface area (Å²) in [5.74, 6) is 1.18. The molecule has 1 aliphatic rings. The lowest BCUT2D eigenvalue weighted by molar-refractivity contribution is -0.123. The van der Waals surface area contributed by atoms with Crippen LogP contribution in [0.3, 0.4) is 0 Å². The molecule has 24 heavy (non-hydrogen) atoms. The van der Waals surface area contributed by atoms with Gasteiger partial charge < -0.3 is 24.6 Å². The molecule has 1 aromatic rings. The Morgan fingerprint density at radius 2 is 1.79 bits per heavy atom. The Morgan fingerprint density at radius 3 is 2.46 bits per heavy atom. The van der Waals surface area contributed by atoms with Crippen LogP contribution in [-0.2, 0) is 4.79 Å². The van der Waals surface area contributed by atoms with Crippen LogP contribution in [0.25, 0.3) is 0 Å². The van der Waals surface area contributed by atoms with Gasteiger partial charge in [-0.3, -0.25) is 4.79 Å². The molecule has 1 saturated heterocycles. The number of nitrogens with zero attached hydrogens (tertiary/aromatic N) is 2. The second-order valence-electron chi connectivity index (χ2n) is 6.02. The molecule has 0 bridgehead atoms. The highest BCUT2D eigenvalue weighted by Crippen LogP contribution is 2.26. The molecular formula is C18H29N3O3. The van der Waals surface area contributed by atoms with Crippen molar-refractivity contribution in [3.8, 4) is 11.5 Å². The summed E-state index contributed by atoms with van der Waals surface area (Å²) in [6.07, 6.45) is 0.963. The number of para-hydroxylation sites is 2. The highest BCUT2D eigenvalue weighted by Gasteiger charge is 2.13. The Kier molecular flexibility index (Phi) is 7.85. The molecule has 0 saturated carbocycles. The molecule has 0 unspecified atom stereocenters. The number of amides is 1. The lowest BCUT2D eigenvalue weighted by Gasteiger charge is -2.32. The summed E-state index contributed by atoms with van der Waals surface area (Å²) in [7, 11) is 2.15. The molecule has 0 spiro atoms. The zero-order valence-corrected chi connectivity index (χ0v) is 14.8. The van der Waals surface area contributed by atoms with Crippen molar-refractivity contribution in [1.29, 1.82) is 0 Å². The van der Waals surface area contributed by atoms with Gasteiger partial charge in [0.25, 0.3) is 5.91 Å². The first kappa shape index (κ1) is 18.5. The number of nitrogens with one attached hydrogen (secondary N) is 1. The maximum absolute atomic E-state index is 11.9. The van der Waals surface area contributed by atoms with Crippen LogP contribution in [-0.4, -0.2) is 75.2 Å². The zero-order valence-electron chi connectivity index (χ0n) is 14.8. The fourth-order valence-electron chi connectivity index (χ4n) is 2.64. The predicted octanol–water partition coefficient (Wildman–Crippen LogP) is 1.22. The van der Waals surface area contributed by atoms with Crippen LogP contribution in [0, 0.1) is 0 Å². The first-order chi connectivity index (χ1) is 11.7. The normalized spacial score (nSPS) is 15.9. The second-order valence-corrected chi connectivity index (χ2v) is 6.02. The number of piperazine rings is 1. The molecule has 1 amide bonds. The summed E-state index contributed by atoms with van der Waals surface area (Å²) in [4.78, 5) is 16.7. The molecule has 0 atom stereocenters. The summed E-state index contributed by atoms with van der Waals surface area (Å²) in [6, 6.07) is 7.40. The Hall–Kier alpha value is -1.79. The minimum absolute atomic E-state index is 0.0125. The lowest BCUT2D eigenvalue weighted by Crippen LogP contribution is -2.45. The third-order valence-corrected chi connectivity index (χ3v) is 4.08. The van der Waals surface area contributed by atoms with Gasteiger partial charge in [0.15, 0.2) is 18.1 Å². The number of ether oxygens (including phenoxy) is 2. The average molecular weight is 335 g/mol. The number of hydrogen-bond donors (Lipinski definition) is 1. The topological polar surface area (TPSA) is 54.0 Å². The SMILES string of the molecule is CCOc1ccccc1OCC(=O)NCCCN1CCN(C)CC1. The van der Waals surface area contributed by atoms with Crippen LogP contribution in [0.5, 0.6) is 11.5 Å². The van der Waals surface area contributed by atoms with E-state index < -0.39 is 0 Å². The number of carbonyl (C=O) groups is 1. The van der Waals surface area contributed by atoms with Crippen molar-refractivity contribution in [2.45, 2.75) is 13.3 Å². The largest absolute Gasteiger partial charge is 0.490 e. The van der Waals surface area contributed by atoms with E-state index in [1.165, 1.54) is 0 Å². The fraction of sp³-hybridized carbons (Fsp3) is 0.611. The molecule has 0 aliphatic carbocycles. The Labute approximate surface area is 144 Å². The van der Waals surface area contributed by atoms with E-state index in [-0.39, 0.29) is 12.5 Å². The van der Waals surface area contributed by atoms with Gasteiger partial charge in [-0.05, 0) is 39.1 Å². The smallest absolute Gasteiger partial charge is 0.257 e. The van der Waals surface area contributed by atoms with Gasteiger partial charge in [0, 0.05) is 32.7 Å². The van der Waals surface area contributed by atoms with E-state index in [9.17, 15) is 4.79 Å². The van der Waals surface area contributed by atoms with Crippen molar-refractivity contribution >= 4 is 5.91 Å². The van der Waals surface area contributed by atoms with E-state index >= 15 is 0 Å². The second kappa shape index (κ2) is 10.2. The highest BCUT2D eigenvalue weighted by molar-refractivity contribution is 5.77. The number of carbonyl (C=O) groups excluding carboxylic acids is 1. The quantitative estimate of drug-likeness (QED) is 0.688. The van der Waals surface area contributed by atoms with Crippen molar-refractivity contribution < 1.29 is 14.3 Å². The first-order valence-electron chi connectivity index (χ1n) is 8.71. The van der Waals surface area contributed by atoms with Gasteiger partial charge in [0.2, 0.25) is 0 Å². The van der Waals surface area contributed by atoms with E-state index in [4.69, 9.17) is 9.47 Å². The molecule has 6 nitrogen and oxygen atoms in total. The number of rotatable bonds is 9. The minimum Gasteiger partial charge on any atom is -0.490 e. The summed E-state index contributed by atoms with van der Waals surface area (Å²) in [6.45, 7) is 8.69. The molecule has 1 heterocycles. The van der Waals surface area contributed by atoms with Crippen LogP contribution in [0.1, 0.15) is 13.3 Å². The van der Waals surface area contributed by atoms with Crippen molar-refractivity contribution in [2.24, 2.45) is 0 Å². The number of likely N-dealkylation sites (N-methyl/N-ethyl adjacent to an activating group) is 1. The van der Waals surface area contributed by atoms with E-state index in [2.05, 4.69) is 22.2 Å². The van der Waals surface area contributed by atoms with E-state index in [0.29, 0.717) is 24.7 Å². The molecule has 134 valence electrons. The molecule has 0 radical (unpaired) electrons. The van der Waals surface area contributed by atoms with Gasteiger partial charge in [0.1, 0.15) is 0 Å². The van der Waals surface area contributed by atoms with E-state index in [0.717, 1.165) is 39.1 Å². The molecule has 6 heteroatoms. The van der Waals surface area contributed by atoms with Crippen molar-refractivity contribution in [3.05, 3.63) is 24.3 Å². The number of benzene rings is 1. The maximum atomic E-state index is 11.9. The lowest BCUT2D eigenvalue weighted by atomic mass is 10.3. The van der Waals surface area contributed by atoms with Crippen molar-refractivity contribution in [2.75, 3.05) is 59.5 Å². The Balaban J connectivity index is 1.60. The van der Waals surface area contributed by atoms with Gasteiger partial charge in [-0.2, -0.15) is 0 Å². The van der Waals surface area contributed by atoms with Gasteiger partial charge in [-0.1, -0.05) is 12.1 Å². The monoisotopic (exact) mass is 335 g/mol. The van der Waals surface area contributed by atoms with Crippen LogP contribution in [0.4, 0.5) is 0 Å². The standard InChI is InChI=1S/C18H29N3O3/c1-3-23-16-7-4-5-8-17(16)24-15-18(22)19-9-6-10-21-13-11-20(2)12-14-21/h4-5,7-8H,3,6,9-15H2,1-2H3,(H,19,22). The molecule has 1 aliphatic heterocycles. The Bertz CT molecular complexity index is 502. The minimum atomic E-state index is -0.0975. The highest BCUT2D eigenvalue weighted by atomic mass is 16.5. The van der Waals surface area contributed by atoms with Crippen molar-refractivity contribution in [1.82, 2.24) is 15.1 Å². The van der Waals surface area contributed by atoms with Gasteiger partial charge in [-0.25, -0.2) is 0 Å². The molecule has 2 rings (SSSR count). The van der Waals surface area contributed by atoms with Crippen LogP contribution in [0.15, 0.2) is 24.3 Å². The molecule has 1 fully saturated rings. The van der Waals surface area contributed by atoms with E-state index in [1.807, 2.05) is 31.2 Å².